The van der Waals surface area contributed by atoms with Crippen LogP contribution in [0.2, 0.25) is 0 Å². The molecule has 86 valence electrons. The van der Waals surface area contributed by atoms with Crippen LogP contribution in [0.25, 0.3) is 0 Å². The van der Waals surface area contributed by atoms with Crippen LogP contribution in [0.1, 0.15) is 23.4 Å². The normalized spacial score (nSPS) is 14.6. The molecule has 0 saturated heterocycles. The second-order valence-electron chi connectivity index (χ2n) is 3.98. The first-order valence-corrected chi connectivity index (χ1v) is 5.25. The summed E-state index contributed by atoms with van der Waals surface area (Å²) in [7, 11) is 1.58. The Labute approximate surface area is 93.4 Å². The van der Waals surface area contributed by atoms with Crippen LogP contribution < -0.4 is 5.32 Å². The molecule has 2 rings (SSSR count). The molecule has 16 heavy (non-hydrogen) atoms. The summed E-state index contributed by atoms with van der Waals surface area (Å²) < 4.78 is 4.97. The van der Waals surface area contributed by atoms with Crippen molar-refractivity contribution in [1.29, 1.82) is 0 Å². The number of amides is 2. The van der Waals surface area contributed by atoms with Crippen molar-refractivity contribution in [2.24, 2.45) is 0 Å². The molecule has 1 N–H and O–H groups in total. The van der Waals surface area contributed by atoms with Gasteiger partial charge in [-0.05, 0) is 25.0 Å². The molecule has 1 saturated carbocycles. The molecule has 1 aromatic heterocycles. The van der Waals surface area contributed by atoms with Gasteiger partial charge in [-0.2, -0.15) is 0 Å². The summed E-state index contributed by atoms with van der Waals surface area (Å²) in [4.78, 5) is 24.5. The van der Waals surface area contributed by atoms with Crippen LogP contribution >= 0.6 is 0 Å². The maximum absolute atomic E-state index is 11.7. The SMILES string of the molecule is CN(CC(=O)NC1CC1)C(=O)c1ccco1. The van der Waals surface area contributed by atoms with Crippen LogP contribution in [0.4, 0.5) is 0 Å². The van der Waals surface area contributed by atoms with E-state index in [0.29, 0.717) is 6.04 Å². The Bertz CT molecular complexity index is 382. The smallest absolute Gasteiger partial charge is 0.289 e. The Balaban J connectivity index is 1.84. The molecular weight excluding hydrogens is 208 g/mol. The molecule has 1 aliphatic carbocycles. The average Bonchev–Trinajstić information content (AvgIpc) is 2.89. The predicted molar refractivity (Wildman–Crippen MR) is 56.8 cm³/mol. The van der Waals surface area contributed by atoms with E-state index in [1.54, 1.807) is 19.2 Å². The second-order valence-corrected chi connectivity index (χ2v) is 3.98. The number of furan rings is 1. The molecule has 0 aliphatic heterocycles. The van der Waals surface area contributed by atoms with Gasteiger partial charge in [0.05, 0.1) is 12.8 Å². The Hall–Kier alpha value is -1.78. The zero-order chi connectivity index (χ0) is 11.5. The van der Waals surface area contributed by atoms with E-state index in [-0.39, 0.29) is 24.1 Å². The van der Waals surface area contributed by atoms with E-state index in [9.17, 15) is 9.59 Å². The lowest BCUT2D eigenvalue weighted by Crippen LogP contribution is -2.39. The quantitative estimate of drug-likeness (QED) is 0.812. The first kappa shape index (κ1) is 10.7. The third-order valence-electron chi connectivity index (χ3n) is 2.40. The fourth-order valence-corrected chi connectivity index (χ4v) is 1.38. The van der Waals surface area contributed by atoms with Crippen LogP contribution in [0.15, 0.2) is 22.8 Å². The number of rotatable bonds is 4. The van der Waals surface area contributed by atoms with Gasteiger partial charge < -0.3 is 14.6 Å². The number of nitrogens with zero attached hydrogens (tertiary/aromatic N) is 1. The number of nitrogens with one attached hydrogen (secondary N) is 1. The summed E-state index contributed by atoms with van der Waals surface area (Å²) >= 11 is 0. The van der Waals surface area contributed by atoms with Crippen molar-refractivity contribution < 1.29 is 14.0 Å². The largest absolute Gasteiger partial charge is 0.459 e. The molecule has 0 bridgehead atoms. The molecule has 1 aromatic rings. The van der Waals surface area contributed by atoms with E-state index in [1.807, 2.05) is 0 Å². The van der Waals surface area contributed by atoms with E-state index in [0.717, 1.165) is 12.8 Å². The minimum Gasteiger partial charge on any atom is -0.459 e. The highest BCUT2D eigenvalue weighted by atomic mass is 16.3. The van der Waals surface area contributed by atoms with Gasteiger partial charge in [0, 0.05) is 13.1 Å². The first-order chi connectivity index (χ1) is 7.66. The van der Waals surface area contributed by atoms with Gasteiger partial charge in [-0.1, -0.05) is 0 Å². The number of likely N-dealkylation sites (N-methyl/N-ethyl adjacent to an activating group) is 1. The molecule has 0 atom stereocenters. The fourth-order valence-electron chi connectivity index (χ4n) is 1.38. The van der Waals surface area contributed by atoms with Crippen molar-refractivity contribution in [1.82, 2.24) is 10.2 Å². The molecule has 0 radical (unpaired) electrons. The Kier molecular flexibility index (Phi) is 2.94. The van der Waals surface area contributed by atoms with Crippen molar-refractivity contribution in [2.45, 2.75) is 18.9 Å². The fraction of sp³-hybridized carbons (Fsp3) is 0.455. The van der Waals surface area contributed by atoms with E-state index >= 15 is 0 Å². The number of hydrogen-bond donors (Lipinski definition) is 1. The van der Waals surface area contributed by atoms with Gasteiger partial charge in [-0.15, -0.1) is 0 Å². The van der Waals surface area contributed by atoms with Crippen molar-refractivity contribution in [2.75, 3.05) is 13.6 Å². The van der Waals surface area contributed by atoms with E-state index < -0.39 is 0 Å². The van der Waals surface area contributed by atoms with Crippen molar-refractivity contribution in [3.8, 4) is 0 Å². The lowest BCUT2D eigenvalue weighted by molar-refractivity contribution is -0.121. The van der Waals surface area contributed by atoms with Crippen molar-refractivity contribution in [3.05, 3.63) is 24.2 Å². The van der Waals surface area contributed by atoms with Crippen molar-refractivity contribution >= 4 is 11.8 Å². The highest BCUT2D eigenvalue weighted by Gasteiger charge is 2.24. The lowest BCUT2D eigenvalue weighted by Gasteiger charge is -2.15. The van der Waals surface area contributed by atoms with Gasteiger partial charge in [0.25, 0.3) is 5.91 Å². The van der Waals surface area contributed by atoms with E-state index in [4.69, 9.17) is 4.42 Å². The molecule has 2 amide bonds. The summed E-state index contributed by atoms with van der Waals surface area (Å²) in [6.07, 6.45) is 3.52. The molecule has 1 aliphatic rings. The third-order valence-corrected chi connectivity index (χ3v) is 2.40. The summed E-state index contributed by atoms with van der Waals surface area (Å²) in [5.74, 6) is -0.150. The minimum atomic E-state index is -0.282. The molecule has 0 aromatic carbocycles. The number of carbonyl (C=O) groups excluding carboxylic acids is 2. The van der Waals surface area contributed by atoms with Crippen LogP contribution in [0.3, 0.4) is 0 Å². The van der Waals surface area contributed by atoms with Gasteiger partial charge in [0.2, 0.25) is 5.91 Å². The zero-order valence-electron chi connectivity index (χ0n) is 9.10. The molecule has 5 nitrogen and oxygen atoms in total. The van der Waals surface area contributed by atoms with Gasteiger partial charge in [0.1, 0.15) is 0 Å². The molecule has 0 spiro atoms. The van der Waals surface area contributed by atoms with Crippen LogP contribution in [0.5, 0.6) is 0 Å². The summed E-state index contributed by atoms with van der Waals surface area (Å²) in [5, 5.41) is 2.82. The van der Waals surface area contributed by atoms with Gasteiger partial charge >= 0.3 is 0 Å². The topological polar surface area (TPSA) is 62.6 Å². The molecular formula is C11H14N2O3. The van der Waals surface area contributed by atoms with E-state index in [2.05, 4.69) is 5.32 Å². The Morgan fingerprint density at radius 2 is 2.31 bits per heavy atom. The maximum atomic E-state index is 11.7. The Morgan fingerprint density at radius 1 is 1.56 bits per heavy atom. The highest BCUT2D eigenvalue weighted by molar-refractivity contribution is 5.94. The second kappa shape index (κ2) is 4.38. The summed E-state index contributed by atoms with van der Waals surface area (Å²) in [6.45, 7) is 0.0655. The van der Waals surface area contributed by atoms with Crippen molar-refractivity contribution in [3.63, 3.8) is 0 Å². The number of hydrogen-bond acceptors (Lipinski definition) is 3. The average molecular weight is 222 g/mol. The molecule has 1 heterocycles. The van der Waals surface area contributed by atoms with Crippen LogP contribution in [0, 0.1) is 0 Å². The summed E-state index contributed by atoms with van der Waals surface area (Å²) in [6, 6.07) is 3.54. The lowest BCUT2D eigenvalue weighted by atomic mass is 10.4. The maximum Gasteiger partial charge on any atom is 0.289 e. The molecule has 0 unspecified atom stereocenters. The predicted octanol–water partition coefficient (Wildman–Crippen LogP) is 0.630. The molecule has 5 heteroatoms. The van der Waals surface area contributed by atoms with Crippen LogP contribution in [-0.2, 0) is 4.79 Å². The Morgan fingerprint density at radius 3 is 2.88 bits per heavy atom. The van der Waals surface area contributed by atoms with E-state index in [1.165, 1.54) is 11.2 Å². The number of carbonyl (C=O) groups is 2. The highest BCUT2D eigenvalue weighted by Crippen LogP contribution is 2.18. The zero-order valence-corrected chi connectivity index (χ0v) is 9.10. The first-order valence-electron chi connectivity index (χ1n) is 5.25. The van der Waals surface area contributed by atoms with Crippen LogP contribution in [-0.4, -0.2) is 36.3 Å². The summed E-state index contributed by atoms with van der Waals surface area (Å²) in [5.41, 5.74) is 0. The minimum absolute atomic E-state index is 0.0655. The standard InChI is InChI=1S/C11H14N2O3/c1-13(7-10(14)12-8-4-5-8)11(15)9-3-2-6-16-9/h2-3,6,8H,4-5,7H2,1H3,(H,12,14). The van der Waals surface area contributed by atoms with Gasteiger partial charge in [0.15, 0.2) is 5.76 Å². The third kappa shape index (κ3) is 2.62. The van der Waals surface area contributed by atoms with Gasteiger partial charge in [-0.25, -0.2) is 0 Å². The monoisotopic (exact) mass is 222 g/mol. The van der Waals surface area contributed by atoms with Gasteiger partial charge in [-0.3, -0.25) is 9.59 Å². The molecule has 1 fully saturated rings.